The van der Waals surface area contributed by atoms with Crippen LogP contribution in [-0.4, -0.2) is 15.0 Å². The van der Waals surface area contributed by atoms with E-state index in [1.807, 2.05) is 36.4 Å². The van der Waals surface area contributed by atoms with E-state index in [0.717, 1.165) is 16.5 Å². The molecule has 4 rings (SSSR count). The zero-order valence-corrected chi connectivity index (χ0v) is 15.3. The highest BCUT2D eigenvalue weighted by atomic mass is 35.5. The highest BCUT2D eigenvalue weighted by molar-refractivity contribution is 6.35. The molecule has 7 heteroatoms. The molecule has 27 heavy (non-hydrogen) atoms. The van der Waals surface area contributed by atoms with E-state index in [1.54, 1.807) is 24.4 Å². The van der Waals surface area contributed by atoms with Gasteiger partial charge in [0, 0.05) is 32.8 Å². The summed E-state index contributed by atoms with van der Waals surface area (Å²) in [5, 5.41) is 11.2. The van der Waals surface area contributed by atoms with Crippen molar-refractivity contribution in [3.8, 4) is 28.6 Å². The van der Waals surface area contributed by atoms with Crippen molar-refractivity contribution in [2.75, 3.05) is 5.73 Å². The number of anilines is 1. The second kappa shape index (κ2) is 6.84. The van der Waals surface area contributed by atoms with E-state index >= 15 is 0 Å². The van der Waals surface area contributed by atoms with Crippen LogP contribution in [0.5, 0.6) is 0 Å². The number of hydrogen-bond donors (Lipinski definition) is 1. The molecule has 0 amide bonds. The molecule has 0 bridgehead atoms. The van der Waals surface area contributed by atoms with Gasteiger partial charge in [0.05, 0.1) is 16.9 Å². The molecular formula is C20H11Cl2N5. The average Bonchev–Trinajstić information content (AvgIpc) is 2.66. The molecule has 0 saturated heterocycles. The lowest BCUT2D eigenvalue weighted by molar-refractivity contribution is 1.18. The lowest BCUT2D eigenvalue weighted by Gasteiger charge is -2.12. The van der Waals surface area contributed by atoms with Crippen LogP contribution in [0.4, 0.5) is 5.82 Å². The summed E-state index contributed by atoms with van der Waals surface area (Å²) in [7, 11) is 0. The normalized spacial score (nSPS) is 10.7. The van der Waals surface area contributed by atoms with Crippen LogP contribution in [0.1, 0.15) is 5.69 Å². The molecule has 2 heterocycles. The molecule has 0 atom stereocenters. The minimum atomic E-state index is 0.0507. The molecule has 0 aliphatic rings. The Morgan fingerprint density at radius 3 is 2.37 bits per heavy atom. The summed E-state index contributed by atoms with van der Waals surface area (Å²) in [5.41, 5.74) is 9.30. The first-order valence-electron chi connectivity index (χ1n) is 7.94. The number of nitriles is 1. The molecule has 0 aliphatic carbocycles. The van der Waals surface area contributed by atoms with Gasteiger partial charge in [0.1, 0.15) is 6.07 Å². The standard InChI is InChI=1S/C20H11Cl2N5/c21-14-7-13(8-15(22)9-14)19-18(26-17(10-23)20(24)27-19)12-3-4-16-11(6-12)2-1-5-25-16/h1-9H,(H2,24,27). The number of aromatic nitrogens is 3. The van der Waals surface area contributed by atoms with E-state index in [9.17, 15) is 5.26 Å². The first-order chi connectivity index (χ1) is 13.0. The third-order valence-corrected chi connectivity index (χ3v) is 4.48. The van der Waals surface area contributed by atoms with Crippen molar-refractivity contribution in [3.63, 3.8) is 0 Å². The van der Waals surface area contributed by atoms with Gasteiger partial charge in [-0.1, -0.05) is 35.3 Å². The Morgan fingerprint density at radius 2 is 1.63 bits per heavy atom. The molecule has 5 nitrogen and oxygen atoms in total. The molecular weight excluding hydrogens is 381 g/mol. The molecule has 0 spiro atoms. The van der Waals surface area contributed by atoms with Crippen molar-refractivity contribution in [2.45, 2.75) is 0 Å². The number of nitrogens with zero attached hydrogens (tertiary/aromatic N) is 4. The first kappa shape index (κ1) is 17.2. The van der Waals surface area contributed by atoms with E-state index in [0.29, 0.717) is 27.0 Å². The van der Waals surface area contributed by atoms with Crippen LogP contribution in [0, 0.1) is 11.3 Å². The second-order valence-electron chi connectivity index (χ2n) is 5.84. The van der Waals surface area contributed by atoms with Crippen LogP contribution in [0.15, 0.2) is 54.7 Å². The predicted octanol–water partition coefficient (Wildman–Crippen LogP) is 5.12. The summed E-state index contributed by atoms with van der Waals surface area (Å²) in [6.45, 7) is 0. The minimum Gasteiger partial charge on any atom is -0.381 e. The lowest BCUT2D eigenvalue weighted by atomic mass is 10.0. The molecule has 2 N–H and O–H groups in total. The van der Waals surface area contributed by atoms with Gasteiger partial charge in [-0.05, 0) is 36.4 Å². The summed E-state index contributed by atoms with van der Waals surface area (Å²) in [6, 6.07) is 16.6. The van der Waals surface area contributed by atoms with Gasteiger partial charge >= 0.3 is 0 Å². The summed E-state index contributed by atoms with van der Waals surface area (Å²) in [4.78, 5) is 13.2. The number of rotatable bonds is 2. The van der Waals surface area contributed by atoms with Crippen molar-refractivity contribution in [3.05, 3.63) is 70.5 Å². The zero-order valence-electron chi connectivity index (χ0n) is 13.8. The Labute approximate surface area is 165 Å². The van der Waals surface area contributed by atoms with Crippen LogP contribution in [0.25, 0.3) is 33.4 Å². The topological polar surface area (TPSA) is 88.5 Å². The van der Waals surface area contributed by atoms with Gasteiger partial charge in [-0.15, -0.1) is 0 Å². The molecule has 0 unspecified atom stereocenters. The predicted molar refractivity (Wildman–Crippen MR) is 107 cm³/mol. The fraction of sp³-hybridized carbons (Fsp3) is 0. The molecule has 4 aromatic rings. The van der Waals surface area contributed by atoms with Crippen LogP contribution in [0.2, 0.25) is 10.0 Å². The van der Waals surface area contributed by atoms with Gasteiger partial charge in [0.2, 0.25) is 0 Å². The quantitative estimate of drug-likeness (QED) is 0.512. The third kappa shape index (κ3) is 3.28. The van der Waals surface area contributed by atoms with Crippen LogP contribution < -0.4 is 5.73 Å². The minimum absolute atomic E-state index is 0.0507. The average molecular weight is 392 g/mol. The van der Waals surface area contributed by atoms with Crippen molar-refractivity contribution in [1.29, 1.82) is 5.26 Å². The fourth-order valence-corrected chi connectivity index (χ4v) is 3.37. The van der Waals surface area contributed by atoms with Crippen molar-refractivity contribution in [2.24, 2.45) is 0 Å². The van der Waals surface area contributed by atoms with Crippen molar-refractivity contribution in [1.82, 2.24) is 15.0 Å². The maximum atomic E-state index is 9.33. The number of nitrogen functional groups attached to an aromatic ring is 1. The largest absolute Gasteiger partial charge is 0.381 e. The number of fused-ring (bicyclic) bond motifs is 1. The van der Waals surface area contributed by atoms with Crippen LogP contribution in [0.3, 0.4) is 0 Å². The maximum absolute atomic E-state index is 9.33. The molecule has 130 valence electrons. The smallest absolute Gasteiger partial charge is 0.183 e. The summed E-state index contributed by atoms with van der Waals surface area (Å²) in [5.74, 6) is 0.0507. The number of hydrogen-bond acceptors (Lipinski definition) is 5. The Morgan fingerprint density at radius 1 is 0.889 bits per heavy atom. The highest BCUT2D eigenvalue weighted by Crippen LogP contribution is 2.34. The summed E-state index contributed by atoms with van der Waals surface area (Å²) >= 11 is 12.3. The van der Waals surface area contributed by atoms with Gasteiger partial charge < -0.3 is 5.73 Å². The van der Waals surface area contributed by atoms with E-state index in [1.165, 1.54) is 0 Å². The zero-order chi connectivity index (χ0) is 19.0. The van der Waals surface area contributed by atoms with Crippen molar-refractivity contribution < 1.29 is 0 Å². The molecule has 0 saturated carbocycles. The van der Waals surface area contributed by atoms with E-state index < -0.39 is 0 Å². The second-order valence-corrected chi connectivity index (χ2v) is 6.71. The molecule has 0 radical (unpaired) electrons. The lowest BCUT2D eigenvalue weighted by Crippen LogP contribution is -2.03. The van der Waals surface area contributed by atoms with Gasteiger partial charge in [0.15, 0.2) is 11.5 Å². The summed E-state index contributed by atoms with van der Waals surface area (Å²) in [6.07, 6.45) is 1.73. The monoisotopic (exact) mass is 391 g/mol. The van der Waals surface area contributed by atoms with Gasteiger partial charge in [-0.3, -0.25) is 4.98 Å². The SMILES string of the molecule is N#Cc1nc(-c2ccc3ncccc3c2)c(-c2cc(Cl)cc(Cl)c2)nc1N. The number of pyridine rings is 1. The fourth-order valence-electron chi connectivity index (χ4n) is 2.85. The van der Waals surface area contributed by atoms with Crippen LogP contribution >= 0.6 is 23.2 Å². The number of benzene rings is 2. The Kier molecular flexibility index (Phi) is 4.36. The molecule has 2 aromatic heterocycles. The summed E-state index contributed by atoms with van der Waals surface area (Å²) < 4.78 is 0. The maximum Gasteiger partial charge on any atom is 0.183 e. The Balaban J connectivity index is 2.01. The Hall–Kier alpha value is -3.20. The molecule has 2 aromatic carbocycles. The van der Waals surface area contributed by atoms with E-state index in [2.05, 4.69) is 15.0 Å². The van der Waals surface area contributed by atoms with Crippen LogP contribution in [-0.2, 0) is 0 Å². The van der Waals surface area contributed by atoms with Gasteiger partial charge in [-0.2, -0.15) is 5.26 Å². The first-order valence-corrected chi connectivity index (χ1v) is 8.70. The van der Waals surface area contributed by atoms with Gasteiger partial charge in [-0.25, -0.2) is 9.97 Å². The number of halogens is 2. The van der Waals surface area contributed by atoms with Crippen molar-refractivity contribution >= 4 is 39.9 Å². The number of nitrogens with two attached hydrogens (primary N) is 1. The third-order valence-electron chi connectivity index (χ3n) is 4.04. The Bertz CT molecular complexity index is 1210. The van der Waals surface area contributed by atoms with E-state index in [4.69, 9.17) is 28.9 Å². The molecule has 0 aliphatic heterocycles. The highest BCUT2D eigenvalue weighted by Gasteiger charge is 2.17. The van der Waals surface area contributed by atoms with E-state index in [-0.39, 0.29) is 11.5 Å². The van der Waals surface area contributed by atoms with Gasteiger partial charge in [0.25, 0.3) is 0 Å². The molecule has 0 fully saturated rings.